The molecule has 2 aromatic heterocycles. The van der Waals surface area contributed by atoms with Crippen LogP contribution in [0.25, 0.3) is 0 Å². The van der Waals surface area contributed by atoms with E-state index < -0.39 is 0 Å². The highest BCUT2D eigenvalue weighted by molar-refractivity contribution is 7.09. The van der Waals surface area contributed by atoms with Gasteiger partial charge in [-0.3, -0.25) is 4.79 Å². The third-order valence-electron chi connectivity index (χ3n) is 2.15. The number of carbonyl (C=O) groups excluding carboxylic acids is 1. The molecular formula is C11H13N3O2S. The number of hydrogen-bond acceptors (Lipinski definition) is 5. The van der Waals surface area contributed by atoms with Gasteiger partial charge in [0.1, 0.15) is 6.26 Å². The van der Waals surface area contributed by atoms with Gasteiger partial charge in [-0.1, -0.05) is 6.07 Å². The Balaban J connectivity index is 1.95. The Labute approximate surface area is 103 Å². The fraction of sp³-hybridized carbons (Fsp3) is 0.273. The lowest BCUT2D eigenvalue weighted by atomic mass is 10.3. The summed E-state index contributed by atoms with van der Waals surface area (Å²) in [5.74, 6) is 0.111. The molecule has 1 amide bonds. The molecule has 2 rings (SSSR count). The highest BCUT2D eigenvalue weighted by Crippen LogP contribution is 2.10. The number of oxazole rings is 1. The lowest BCUT2D eigenvalue weighted by molar-refractivity contribution is 0.0946. The van der Waals surface area contributed by atoms with Gasteiger partial charge < -0.3 is 15.5 Å². The van der Waals surface area contributed by atoms with E-state index in [1.165, 1.54) is 6.26 Å². The van der Waals surface area contributed by atoms with E-state index in [4.69, 9.17) is 10.2 Å². The number of rotatable bonds is 4. The van der Waals surface area contributed by atoms with Gasteiger partial charge in [0, 0.05) is 4.88 Å². The predicted octanol–water partition coefficient (Wildman–Crippen LogP) is 1.69. The molecule has 90 valence electrons. The van der Waals surface area contributed by atoms with E-state index in [1.807, 2.05) is 17.5 Å². The fourth-order valence-corrected chi connectivity index (χ4v) is 1.92. The number of nitrogens with zero attached hydrogens (tertiary/aromatic N) is 1. The minimum absolute atomic E-state index is 0.256. The van der Waals surface area contributed by atoms with Gasteiger partial charge in [-0.25, -0.2) is 4.98 Å². The first kappa shape index (κ1) is 11.8. The van der Waals surface area contributed by atoms with Gasteiger partial charge in [0.25, 0.3) is 5.91 Å². The van der Waals surface area contributed by atoms with Crippen LogP contribution in [-0.4, -0.2) is 10.9 Å². The molecule has 0 bridgehead atoms. The van der Waals surface area contributed by atoms with Crippen molar-refractivity contribution in [3.63, 3.8) is 0 Å². The zero-order valence-electron chi connectivity index (χ0n) is 9.34. The van der Waals surface area contributed by atoms with Gasteiger partial charge in [0.15, 0.2) is 5.69 Å². The minimum atomic E-state index is -0.311. The summed E-state index contributed by atoms with van der Waals surface area (Å²) < 4.78 is 5.09. The second kappa shape index (κ2) is 5.11. The van der Waals surface area contributed by atoms with Crippen molar-refractivity contribution < 1.29 is 9.21 Å². The summed E-state index contributed by atoms with van der Waals surface area (Å²) in [6, 6.07) is 3.59. The Morgan fingerprint density at radius 1 is 1.71 bits per heavy atom. The molecular weight excluding hydrogens is 238 g/mol. The lowest BCUT2D eigenvalue weighted by Gasteiger charge is -1.99. The summed E-state index contributed by atoms with van der Waals surface area (Å²) in [5.41, 5.74) is 5.85. The molecule has 0 radical (unpaired) electrons. The Kier molecular flexibility index (Phi) is 3.55. The monoisotopic (exact) mass is 251 g/mol. The number of nitrogens with two attached hydrogens (primary N) is 1. The molecule has 0 aromatic carbocycles. The highest BCUT2D eigenvalue weighted by atomic mass is 32.1. The number of amides is 1. The van der Waals surface area contributed by atoms with Crippen LogP contribution in [0, 0.1) is 0 Å². The van der Waals surface area contributed by atoms with Crippen LogP contribution in [0.1, 0.15) is 34.2 Å². The Morgan fingerprint density at radius 2 is 2.53 bits per heavy atom. The zero-order valence-corrected chi connectivity index (χ0v) is 10.2. The maximum absolute atomic E-state index is 11.7. The molecule has 1 unspecified atom stereocenters. The molecule has 0 aliphatic rings. The van der Waals surface area contributed by atoms with Crippen LogP contribution in [0.5, 0.6) is 0 Å². The standard InChI is InChI=1S/C11H13N3O2S/c1-7(12)11-14-9(6-16-11)10(15)13-5-8-3-2-4-17-8/h2-4,6-7H,5,12H2,1H3,(H,13,15). The van der Waals surface area contributed by atoms with Crippen LogP contribution in [0.2, 0.25) is 0 Å². The topological polar surface area (TPSA) is 81.1 Å². The van der Waals surface area contributed by atoms with Crippen molar-refractivity contribution >= 4 is 17.2 Å². The van der Waals surface area contributed by atoms with Gasteiger partial charge in [-0.05, 0) is 18.4 Å². The Morgan fingerprint density at radius 3 is 3.12 bits per heavy atom. The summed E-state index contributed by atoms with van der Waals surface area (Å²) in [7, 11) is 0. The molecule has 0 fully saturated rings. The highest BCUT2D eigenvalue weighted by Gasteiger charge is 2.13. The van der Waals surface area contributed by atoms with Gasteiger partial charge in [-0.15, -0.1) is 11.3 Å². The molecule has 0 saturated carbocycles. The quantitative estimate of drug-likeness (QED) is 0.866. The molecule has 17 heavy (non-hydrogen) atoms. The largest absolute Gasteiger partial charge is 0.446 e. The summed E-state index contributed by atoms with van der Waals surface area (Å²) in [6.07, 6.45) is 1.32. The summed E-state index contributed by atoms with van der Waals surface area (Å²) in [6.45, 7) is 2.25. The second-order valence-electron chi connectivity index (χ2n) is 3.62. The number of carbonyl (C=O) groups is 1. The molecule has 2 aromatic rings. The average Bonchev–Trinajstić information content (AvgIpc) is 2.96. The maximum Gasteiger partial charge on any atom is 0.273 e. The molecule has 2 heterocycles. The van der Waals surface area contributed by atoms with Crippen molar-refractivity contribution in [1.29, 1.82) is 0 Å². The van der Waals surface area contributed by atoms with Crippen LogP contribution in [0.15, 0.2) is 28.2 Å². The first-order chi connectivity index (χ1) is 8.16. The smallest absolute Gasteiger partial charge is 0.273 e. The summed E-state index contributed by atoms with van der Waals surface area (Å²) in [4.78, 5) is 16.8. The first-order valence-electron chi connectivity index (χ1n) is 5.18. The Bertz CT molecular complexity index is 491. The molecule has 0 spiro atoms. The van der Waals surface area contributed by atoms with E-state index in [1.54, 1.807) is 18.3 Å². The average molecular weight is 251 g/mol. The second-order valence-corrected chi connectivity index (χ2v) is 4.65. The summed E-state index contributed by atoms with van der Waals surface area (Å²) in [5, 5.41) is 4.73. The van der Waals surface area contributed by atoms with E-state index >= 15 is 0 Å². The molecule has 0 saturated heterocycles. The van der Waals surface area contributed by atoms with E-state index in [2.05, 4.69) is 10.3 Å². The van der Waals surface area contributed by atoms with Gasteiger partial charge in [-0.2, -0.15) is 0 Å². The number of aromatic nitrogens is 1. The molecule has 6 heteroatoms. The van der Waals surface area contributed by atoms with Crippen molar-refractivity contribution in [2.45, 2.75) is 19.5 Å². The van der Waals surface area contributed by atoms with Gasteiger partial charge in [0.05, 0.1) is 12.6 Å². The van der Waals surface area contributed by atoms with Gasteiger partial charge >= 0.3 is 0 Å². The predicted molar refractivity (Wildman–Crippen MR) is 64.6 cm³/mol. The van der Waals surface area contributed by atoms with Crippen molar-refractivity contribution in [1.82, 2.24) is 10.3 Å². The van der Waals surface area contributed by atoms with Crippen LogP contribution >= 0.6 is 11.3 Å². The van der Waals surface area contributed by atoms with Crippen LogP contribution in [0.4, 0.5) is 0 Å². The third-order valence-corrected chi connectivity index (χ3v) is 3.02. The molecule has 0 aliphatic carbocycles. The van der Waals surface area contributed by atoms with E-state index in [0.29, 0.717) is 12.4 Å². The van der Waals surface area contributed by atoms with E-state index in [0.717, 1.165) is 4.88 Å². The van der Waals surface area contributed by atoms with E-state index in [-0.39, 0.29) is 17.6 Å². The SMILES string of the molecule is CC(N)c1nc(C(=O)NCc2cccs2)co1. The van der Waals surface area contributed by atoms with Crippen molar-refractivity contribution in [3.8, 4) is 0 Å². The van der Waals surface area contributed by atoms with Crippen molar-refractivity contribution in [2.75, 3.05) is 0 Å². The zero-order chi connectivity index (χ0) is 12.3. The molecule has 5 nitrogen and oxygen atoms in total. The third kappa shape index (κ3) is 2.92. The van der Waals surface area contributed by atoms with E-state index in [9.17, 15) is 4.79 Å². The van der Waals surface area contributed by atoms with Crippen LogP contribution in [-0.2, 0) is 6.54 Å². The number of hydrogen-bond donors (Lipinski definition) is 2. The minimum Gasteiger partial charge on any atom is -0.446 e. The first-order valence-corrected chi connectivity index (χ1v) is 6.06. The van der Waals surface area contributed by atoms with Crippen LogP contribution < -0.4 is 11.1 Å². The molecule has 1 atom stereocenters. The Hall–Kier alpha value is -1.66. The molecule has 0 aliphatic heterocycles. The normalized spacial score (nSPS) is 12.4. The van der Waals surface area contributed by atoms with Gasteiger partial charge in [0.2, 0.25) is 5.89 Å². The van der Waals surface area contributed by atoms with Crippen molar-refractivity contribution in [2.24, 2.45) is 5.73 Å². The van der Waals surface area contributed by atoms with Crippen molar-refractivity contribution in [3.05, 3.63) is 40.2 Å². The molecule has 3 N–H and O–H groups in total. The maximum atomic E-state index is 11.7. The lowest BCUT2D eigenvalue weighted by Crippen LogP contribution is -2.22. The summed E-state index contributed by atoms with van der Waals surface area (Å²) >= 11 is 1.59. The fourth-order valence-electron chi connectivity index (χ4n) is 1.27. The number of thiophene rings is 1. The van der Waals surface area contributed by atoms with Crippen LogP contribution in [0.3, 0.4) is 0 Å². The number of nitrogens with one attached hydrogen (secondary N) is 1.